The quantitative estimate of drug-likeness (QED) is 0.583. The molecule has 0 radical (unpaired) electrons. The van der Waals surface area contributed by atoms with Crippen molar-refractivity contribution in [3.05, 3.63) is 11.1 Å². The van der Waals surface area contributed by atoms with E-state index in [4.69, 9.17) is 16.7 Å². The fourth-order valence-corrected chi connectivity index (χ4v) is 0.421. The Kier molecular flexibility index (Phi) is 3.28. The van der Waals surface area contributed by atoms with Crippen molar-refractivity contribution in [2.24, 2.45) is 0 Å². The van der Waals surface area contributed by atoms with Gasteiger partial charge in [0.2, 0.25) is 0 Å². The van der Waals surface area contributed by atoms with Crippen LogP contribution in [-0.4, -0.2) is 11.1 Å². The first-order valence-electron chi connectivity index (χ1n) is 2.27. The summed E-state index contributed by atoms with van der Waals surface area (Å²) >= 11 is 5.18. The van der Waals surface area contributed by atoms with E-state index in [1.807, 2.05) is 6.92 Å². The third-order valence-electron chi connectivity index (χ3n) is 0.588. The van der Waals surface area contributed by atoms with Crippen LogP contribution in [0.5, 0.6) is 0 Å². The third kappa shape index (κ3) is 2.64. The van der Waals surface area contributed by atoms with E-state index < -0.39 is 5.97 Å². The van der Waals surface area contributed by atoms with Crippen LogP contribution in [-0.2, 0) is 4.79 Å². The summed E-state index contributed by atoms with van der Waals surface area (Å²) in [5.41, 5.74) is 0. The highest BCUT2D eigenvalue weighted by Gasteiger charge is 1.98. The smallest absolute Gasteiger partial charge is 0.346 e. The summed E-state index contributed by atoms with van der Waals surface area (Å²) < 4.78 is 0. The van der Waals surface area contributed by atoms with Crippen LogP contribution in [0.4, 0.5) is 0 Å². The zero-order chi connectivity index (χ0) is 6.57. The van der Waals surface area contributed by atoms with E-state index in [0.29, 0.717) is 6.42 Å². The van der Waals surface area contributed by atoms with Crippen LogP contribution in [0.2, 0.25) is 0 Å². The molecule has 0 aliphatic rings. The van der Waals surface area contributed by atoms with Crippen molar-refractivity contribution in [2.45, 2.75) is 13.3 Å². The molecule has 0 aromatic heterocycles. The zero-order valence-corrected chi connectivity index (χ0v) is 5.27. The molecule has 1 N–H and O–H groups in total. The molecule has 0 aromatic rings. The van der Waals surface area contributed by atoms with Crippen LogP contribution < -0.4 is 0 Å². The Labute approximate surface area is 52.8 Å². The van der Waals surface area contributed by atoms with Gasteiger partial charge in [-0.15, -0.1) is 0 Å². The van der Waals surface area contributed by atoms with Gasteiger partial charge in [0, 0.05) is 0 Å². The number of hydrogen-bond acceptors (Lipinski definition) is 1. The summed E-state index contributed by atoms with van der Waals surface area (Å²) in [6, 6.07) is 0. The Bertz CT molecular complexity index is 118. The van der Waals surface area contributed by atoms with E-state index >= 15 is 0 Å². The molecule has 0 atom stereocenters. The molecule has 0 rings (SSSR count). The van der Waals surface area contributed by atoms with Gasteiger partial charge >= 0.3 is 5.97 Å². The summed E-state index contributed by atoms with van der Waals surface area (Å²) in [6.07, 6.45) is 2.11. The minimum Gasteiger partial charge on any atom is -0.477 e. The predicted molar refractivity (Wildman–Crippen MR) is 31.9 cm³/mol. The average molecular weight is 135 g/mol. The fraction of sp³-hybridized carbons (Fsp3) is 0.400. The van der Waals surface area contributed by atoms with E-state index in [2.05, 4.69) is 0 Å². The Morgan fingerprint density at radius 3 is 2.50 bits per heavy atom. The topological polar surface area (TPSA) is 37.3 Å². The first-order valence-corrected chi connectivity index (χ1v) is 2.65. The van der Waals surface area contributed by atoms with Gasteiger partial charge in [-0.05, 0) is 6.42 Å². The van der Waals surface area contributed by atoms with Crippen molar-refractivity contribution < 1.29 is 9.90 Å². The first kappa shape index (κ1) is 7.50. The molecule has 0 saturated carbocycles. The van der Waals surface area contributed by atoms with E-state index in [0.717, 1.165) is 0 Å². The molecule has 0 spiro atoms. The van der Waals surface area contributed by atoms with E-state index in [-0.39, 0.29) is 5.03 Å². The van der Waals surface area contributed by atoms with Crippen LogP contribution in [0, 0.1) is 0 Å². The highest BCUT2D eigenvalue weighted by Crippen LogP contribution is 2.00. The zero-order valence-electron chi connectivity index (χ0n) is 4.52. The van der Waals surface area contributed by atoms with Gasteiger partial charge in [-0.25, -0.2) is 4.79 Å². The molecule has 2 nitrogen and oxygen atoms in total. The maximum absolute atomic E-state index is 9.89. The minimum atomic E-state index is -1.06. The van der Waals surface area contributed by atoms with Gasteiger partial charge in [-0.2, -0.15) is 0 Å². The van der Waals surface area contributed by atoms with Crippen molar-refractivity contribution in [2.75, 3.05) is 0 Å². The summed E-state index contributed by atoms with van der Waals surface area (Å²) in [5, 5.41) is 8.01. The molecule has 0 heterocycles. The number of rotatable bonds is 2. The van der Waals surface area contributed by atoms with Crippen LogP contribution >= 0.6 is 11.6 Å². The SMILES string of the molecule is CC/C=C(\Cl)C(=O)O. The van der Waals surface area contributed by atoms with Crippen molar-refractivity contribution >= 4 is 17.6 Å². The van der Waals surface area contributed by atoms with Gasteiger partial charge in [-0.3, -0.25) is 0 Å². The molecular formula is C5H7ClO2. The molecule has 0 aliphatic heterocycles. The molecule has 3 heteroatoms. The maximum Gasteiger partial charge on any atom is 0.346 e. The lowest BCUT2D eigenvalue weighted by Crippen LogP contribution is -1.92. The van der Waals surface area contributed by atoms with Gasteiger partial charge in [0.05, 0.1) is 0 Å². The molecule has 46 valence electrons. The number of carboxylic acid groups (broad SMARTS) is 1. The number of carboxylic acids is 1. The Hall–Kier alpha value is -0.500. The number of allylic oxidation sites excluding steroid dienone is 1. The van der Waals surface area contributed by atoms with Crippen LogP contribution in [0.3, 0.4) is 0 Å². The van der Waals surface area contributed by atoms with Gasteiger partial charge in [0.1, 0.15) is 5.03 Å². The van der Waals surface area contributed by atoms with Gasteiger partial charge < -0.3 is 5.11 Å². The van der Waals surface area contributed by atoms with Gasteiger partial charge in [0.25, 0.3) is 0 Å². The normalized spacial score (nSPS) is 11.5. The lowest BCUT2D eigenvalue weighted by molar-refractivity contribution is -0.131. The summed E-state index contributed by atoms with van der Waals surface area (Å²) in [7, 11) is 0. The number of halogens is 1. The summed E-state index contributed by atoms with van der Waals surface area (Å²) in [5.74, 6) is -1.06. The van der Waals surface area contributed by atoms with E-state index in [1.54, 1.807) is 0 Å². The minimum absolute atomic E-state index is 0.104. The molecule has 0 unspecified atom stereocenters. The molecule has 0 fully saturated rings. The molecule has 0 amide bonds. The Morgan fingerprint density at radius 1 is 1.88 bits per heavy atom. The predicted octanol–water partition coefficient (Wildman–Crippen LogP) is 1.60. The van der Waals surface area contributed by atoms with Crippen molar-refractivity contribution in [1.29, 1.82) is 0 Å². The highest BCUT2D eigenvalue weighted by molar-refractivity contribution is 6.40. The Morgan fingerprint density at radius 2 is 2.38 bits per heavy atom. The third-order valence-corrected chi connectivity index (χ3v) is 0.904. The largest absolute Gasteiger partial charge is 0.477 e. The fourth-order valence-electron chi connectivity index (χ4n) is 0.267. The molecule has 0 saturated heterocycles. The number of carbonyl (C=O) groups is 1. The average Bonchev–Trinajstić information content (AvgIpc) is 1.67. The van der Waals surface area contributed by atoms with Crippen LogP contribution in [0.25, 0.3) is 0 Å². The van der Waals surface area contributed by atoms with Gasteiger partial charge in [0.15, 0.2) is 0 Å². The second-order valence-electron chi connectivity index (χ2n) is 1.27. The molecule has 0 aliphatic carbocycles. The van der Waals surface area contributed by atoms with Crippen LogP contribution in [0.15, 0.2) is 11.1 Å². The number of hydrogen-bond donors (Lipinski definition) is 1. The summed E-state index contributed by atoms with van der Waals surface area (Å²) in [6.45, 7) is 1.82. The molecular weight excluding hydrogens is 128 g/mol. The highest BCUT2D eigenvalue weighted by atomic mass is 35.5. The standard InChI is InChI=1S/C5H7ClO2/c1-2-3-4(6)5(7)8/h3H,2H2,1H3,(H,7,8)/b4-3-. The second-order valence-corrected chi connectivity index (χ2v) is 1.67. The second kappa shape index (κ2) is 3.50. The van der Waals surface area contributed by atoms with E-state index in [1.165, 1.54) is 6.08 Å². The molecule has 8 heavy (non-hydrogen) atoms. The van der Waals surface area contributed by atoms with Crippen LogP contribution in [0.1, 0.15) is 13.3 Å². The van der Waals surface area contributed by atoms with Crippen molar-refractivity contribution in [3.8, 4) is 0 Å². The van der Waals surface area contributed by atoms with Crippen molar-refractivity contribution in [1.82, 2.24) is 0 Å². The first-order chi connectivity index (χ1) is 3.68. The molecule has 0 bridgehead atoms. The van der Waals surface area contributed by atoms with Crippen molar-refractivity contribution in [3.63, 3.8) is 0 Å². The number of aliphatic carboxylic acids is 1. The molecule has 0 aromatic carbocycles. The monoisotopic (exact) mass is 134 g/mol. The van der Waals surface area contributed by atoms with Gasteiger partial charge in [-0.1, -0.05) is 24.6 Å². The lowest BCUT2D eigenvalue weighted by Gasteiger charge is -1.84. The Balaban J connectivity index is 3.80. The maximum atomic E-state index is 9.89. The lowest BCUT2D eigenvalue weighted by atomic mass is 10.4. The summed E-state index contributed by atoms with van der Waals surface area (Å²) in [4.78, 5) is 9.89. The van der Waals surface area contributed by atoms with E-state index in [9.17, 15) is 4.79 Å².